The summed E-state index contributed by atoms with van der Waals surface area (Å²) in [4.78, 5) is 14.9. The van der Waals surface area contributed by atoms with Crippen LogP contribution in [0.1, 0.15) is 6.42 Å². The van der Waals surface area contributed by atoms with E-state index in [-0.39, 0.29) is 11.3 Å². The Balaban J connectivity index is 2.01. The van der Waals surface area contributed by atoms with Crippen molar-refractivity contribution in [1.82, 2.24) is 9.55 Å². The van der Waals surface area contributed by atoms with E-state index in [9.17, 15) is 4.79 Å². The first-order valence-corrected chi connectivity index (χ1v) is 6.74. The standard InChI is InChI=1S/C10H12N2O3S2/c13-9(14)7-5-17-4-1-8(7)15-10(16)12-3-2-11-6-12/h2-3,6-8H,1,4-5H2,(H,13,14)/t7-,8+/m1/s1. The SMILES string of the molecule is O=C(O)[C@@H]1CSCC[C@@H]1OC(=S)n1ccnc1. The van der Waals surface area contributed by atoms with E-state index in [1.54, 1.807) is 28.7 Å². The molecule has 1 fully saturated rings. The van der Waals surface area contributed by atoms with Crippen LogP contribution in [0.4, 0.5) is 0 Å². The number of aromatic nitrogens is 2. The first kappa shape index (κ1) is 12.4. The number of imidazole rings is 1. The van der Waals surface area contributed by atoms with Crippen molar-refractivity contribution >= 4 is 35.1 Å². The topological polar surface area (TPSA) is 64.3 Å². The van der Waals surface area contributed by atoms with Crippen LogP contribution in [0.5, 0.6) is 0 Å². The second-order valence-corrected chi connectivity index (χ2v) is 5.20. The van der Waals surface area contributed by atoms with Gasteiger partial charge in [0, 0.05) is 18.1 Å². The van der Waals surface area contributed by atoms with Crippen molar-refractivity contribution in [2.75, 3.05) is 11.5 Å². The minimum Gasteiger partial charge on any atom is -0.481 e. The van der Waals surface area contributed by atoms with Crippen molar-refractivity contribution in [3.63, 3.8) is 0 Å². The summed E-state index contributed by atoms with van der Waals surface area (Å²) in [5.74, 6) is 0.166. The fraction of sp³-hybridized carbons (Fsp3) is 0.500. The van der Waals surface area contributed by atoms with Crippen LogP contribution >= 0.6 is 24.0 Å². The average molecular weight is 272 g/mol. The zero-order chi connectivity index (χ0) is 12.3. The molecular formula is C10H12N2O3S2. The number of carboxylic acids is 1. The van der Waals surface area contributed by atoms with Crippen LogP contribution in [0.3, 0.4) is 0 Å². The Morgan fingerprint density at radius 2 is 2.47 bits per heavy atom. The van der Waals surface area contributed by atoms with Crippen LogP contribution in [0, 0.1) is 5.92 Å². The van der Waals surface area contributed by atoms with Gasteiger partial charge < -0.3 is 9.84 Å². The fourth-order valence-electron chi connectivity index (χ4n) is 1.65. The van der Waals surface area contributed by atoms with Gasteiger partial charge in [0.05, 0.1) is 0 Å². The van der Waals surface area contributed by atoms with E-state index in [2.05, 4.69) is 4.98 Å². The van der Waals surface area contributed by atoms with Crippen LogP contribution in [-0.4, -0.2) is 43.4 Å². The van der Waals surface area contributed by atoms with Crippen molar-refractivity contribution in [2.24, 2.45) is 5.92 Å². The molecule has 0 spiro atoms. The first-order valence-electron chi connectivity index (χ1n) is 5.18. The summed E-state index contributed by atoms with van der Waals surface area (Å²) in [5, 5.41) is 9.35. The second kappa shape index (κ2) is 5.50. The minimum absolute atomic E-state index is 0.255. The molecule has 0 radical (unpaired) electrons. The molecule has 2 heterocycles. The van der Waals surface area contributed by atoms with E-state index < -0.39 is 11.9 Å². The van der Waals surface area contributed by atoms with Gasteiger partial charge in [0.15, 0.2) is 0 Å². The Morgan fingerprint density at radius 3 is 3.12 bits per heavy atom. The zero-order valence-corrected chi connectivity index (χ0v) is 10.6. The summed E-state index contributed by atoms with van der Waals surface area (Å²) >= 11 is 6.73. The summed E-state index contributed by atoms with van der Waals surface area (Å²) in [6.45, 7) is 0. The van der Waals surface area contributed by atoms with Gasteiger partial charge in [-0.2, -0.15) is 11.8 Å². The highest BCUT2D eigenvalue weighted by Crippen LogP contribution is 2.26. The number of nitrogens with zero attached hydrogens (tertiary/aromatic N) is 2. The Kier molecular flexibility index (Phi) is 4.01. The average Bonchev–Trinajstić information content (AvgIpc) is 2.83. The quantitative estimate of drug-likeness (QED) is 0.817. The summed E-state index contributed by atoms with van der Waals surface area (Å²) in [6.07, 6.45) is 5.17. The molecular weight excluding hydrogens is 260 g/mol. The van der Waals surface area contributed by atoms with E-state index in [1.165, 1.54) is 6.33 Å². The molecule has 1 N–H and O–H groups in total. The van der Waals surface area contributed by atoms with E-state index in [1.807, 2.05) is 0 Å². The Bertz CT molecular complexity index is 408. The molecule has 7 heteroatoms. The summed E-state index contributed by atoms with van der Waals surface area (Å²) in [5.41, 5.74) is 0. The van der Waals surface area contributed by atoms with Crippen molar-refractivity contribution in [3.05, 3.63) is 18.7 Å². The fourth-order valence-corrected chi connectivity index (χ4v) is 3.06. The predicted octanol–water partition coefficient (Wildman–Crippen LogP) is 1.24. The Morgan fingerprint density at radius 1 is 1.65 bits per heavy atom. The molecule has 1 aromatic heterocycles. The summed E-state index contributed by atoms with van der Waals surface area (Å²) < 4.78 is 7.14. The highest BCUT2D eigenvalue weighted by Gasteiger charge is 2.33. The van der Waals surface area contributed by atoms with Crippen molar-refractivity contribution < 1.29 is 14.6 Å². The molecule has 1 aliphatic rings. The monoisotopic (exact) mass is 272 g/mol. The maximum Gasteiger partial charge on any atom is 0.311 e. The highest BCUT2D eigenvalue weighted by atomic mass is 32.2. The van der Waals surface area contributed by atoms with Gasteiger partial charge in [-0.1, -0.05) is 0 Å². The lowest BCUT2D eigenvalue weighted by molar-refractivity contribution is -0.144. The van der Waals surface area contributed by atoms with E-state index in [4.69, 9.17) is 22.1 Å². The number of hydrogen-bond donors (Lipinski definition) is 1. The third-order valence-corrected chi connectivity index (χ3v) is 4.00. The molecule has 0 saturated carbocycles. The number of rotatable bonds is 2. The molecule has 5 nitrogen and oxygen atoms in total. The van der Waals surface area contributed by atoms with Crippen molar-refractivity contribution in [2.45, 2.75) is 12.5 Å². The minimum atomic E-state index is -0.823. The number of carbonyl (C=O) groups is 1. The molecule has 17 heavy (non-hydrogen) atoms. The third-order valence-electron chi connectivity index (χ3n) is 2.58. The van der Waals surface area contributed by atoms with Crippen molar-refractivity contribution in [3.8, 4) is 0 Å². The largest absolute Gasteiger partial charge is 0.481 e. The normalized spacial score (nSPS) is 24.2. The lowest BCUT2D eigenvalue weighted by atomic mass is 10.0. The van der Waals surface area contributed by atoms with Crippen LogP contribution in [-0.2, 0) is 9.53 Å². The van der Waals surface area contributed by atoms with Crippen LogP contribution in [0.15, 0.2) is 18.7 Å². The summed E-state index contributed by atoms with van der Waals surface area (Å²) in [7, 11) is 0. The number of thiocarbonyl (C=S) groups is 1. The van der Waals surface area contributed by atoms with Gasteiger partial charge in [-0.15, -0.1) is 0 Å². The number of carboxylic acid groups (broad SMARTS) is 1. The van der Waals surface area contributed by atoms with E-state index in [0.717, 1.165) is 5.75 Å². The molecule has 92 valence electrons. The number of thioether (sulfide) groups is 1. The maximum absolute atomic E-state index is 11.1. The molecule has 0 amide bonds. The summed E-state index contributed by atoms with van der Waals surface area (Å²) in [6, 6.07) is 0. The van der Waals surface area contributed by atoms with Gasteiger partial charge in [-0.25, -0.2) is 4.98 Å². The lowest BCUT2D eigenvalue weighted by Crippen LogP contribution is -2.38. The van der Waals surface area contributed by atoms with Crippen molar-refractivity contribution in [1.29, 1.82) is 0 Å². The Hall–Kier alpha value is -1.08. The number of hydrogen-bond acceptors (Lipinski definition) is 5. The van der Waals surface area contributed by atoms with Gasteiger partial charge in [0.1, 0.15) is 18.3 Å². The van der Waals surface area contributed by atoms with E-state index in [0.29, 0.717) is 12.2 Å². The molecule has 2 atom stereocenters. The van der Waals surface area contributed by atoms with Crippen LogP contribution in [0.25, 0.3) is 0 Å². The van der Waals surface area contributed by atoms with E-state index >= 15 is 0 Å². The highest BCUT2D eigenvalue weighted by molar-refractivity contribution is 7.99. The lowest BCUT2D eigenvalue weighted by Gasteiger charge is -2.28. The van der Waals surface area contributed by atoms with Gasteiger partial charge in [-0.05, 0) is 24.4 Å². The first-order chi connectivity index (χ1) is 8.18. The third kappa shape index (κ3) is 2.98. The van der Waals surface area contributed by atoms with Gasteiger partial charge in [0.25, 0.3) is 5.17 Å². The second-order valence-electron chi connectivity index (χ2n) is 3.70. The van der Waals surface area contributed by atoms with Crippen LogP contribution < -0.4 is 0 Å². The Labute approximate surface area is 108 Å². The molecule has 0 aliphatic carbocycles. The van der Waals surface area contributed by atoms with Gasteiger partial charge in [-0.3, -0.25) is 9.36 Å². The molecule has 1 saturated heterocycles. The molecule has 0 bridgehead atoms. The zero-order valence-electron chi connectivity index (χ0n) is 8.98. The smallest absolute Gasteiger partial charge is 0.311 e. The maximum atomic E-state index is 11.1. The molecule has 1 aromatic rings. The molecule has 0 unspecified atom stereocenters. The molecule has 2 rings (SSSR count). The number of aliphatic carboxylic acids is 1. The van der Waals surface area contributed by atoms with Crippen LogP contribution in [0.2, 0.25) is 0 Å². The molecule has 0 aromatic carbocycles. The number of ether oxygens (including phenoxy) is 1. The van der Waals surface area contributed by atoms with Gasteiger partial charge in [0.2, 0.25) is 0 Å². The molecule has 1 aliphatic heterocycles. The van der Waals surface area contributed by atoms with Gasteiger partial charge >= 0.3 is 5.97 Å². The predicted molar refractivity (Wildman–Crippen MR) is 68.2 cm³/mol.